The summed E-state index contributed by atoms with van der Waals surface area (Å²) in [5.41, 5.74) is 3.07. The molecule has 0 aliphatic heterocycles. The lowest BCUT2D eigenvalue weighted by atomic mass is 9.97. The smallest absolute Gasteiger partial charge is 0.180 e. The topological polar surface area (TPSA) is 35.1 Å². The van der Waals surface area contributed by atoms with E-state index >= 15 is 0 Å². The molecule has 0 radical (unpaired) electrons. The summed E-state index contributed by atoms with van der Waals surface area (Å²) in [6.45, 7) is 0. The zero-order chi connectivity index (χ0) is 13.0. The number of hydrogen-bond donors (Lipinski definition) is 0. The summed E-state index contributed by atoms with van der Waals surface area (Å²) in [6, 6.07) is 12.0. The molecule has 0 amide bonds. The summed E-state index contributed by atoms with van der Waals surface area (Å²) in [5, 5.41) is 1.16. The summed E-state index contributed by atoms with van der Waals surface area (Å²) in [7, 11) is 1.96. The predicted molar refractivity (Wildman–Crippen MR) is 72.4 cm³/mol. The summed E-state index contributed by atoms with van der Waals surface area (Å²) >= 11 is 0. The van der Waals surface area contributed by atoms with E-state index in [9.17, 15) is 4.79 Å². The van der Waals surface area contributed by atoms with E-state index in [-0.39, 0.29) is 11.7 Å². The van der Waals surface area contributed by atoms with Crippen LogP contribution in [0.15, 0.2) is 47.1 Å². The number of para-hydroxylation sites is 1. The lowest BCUT2D eigenvalue weighted by molar-refractivity contribution is 0.0983. The summed E-state index contributed by atoms with van der Waals surface area (Å²) in [6.07, 6.45) is 2.18. The van der Waals surface area contributed by atoms with Gasteiger partial charge in [0.15, 0.2) is 5.78 Å². The number of carbonyl (C=O) groups is 1. The van der Waals surface area contributed by atoms with Gasteiger partial charge in [0.1, 0.15) is 5.76 Å². The third-order valence-electron chi connectivity index (χ3n) is 4.03. The number of aryl methyl sites for hydroxylation is 1. The minimum absolute atomic E-state index is 0.0589. The third kappa shape index (κ3) is 1.30. The molecule has 1 atom stereocenters. The van der Waals surface area contributed by atoms with Gasteiger partial charge in [-0.1, -0.05) is 18.2 Å². The van der Waals surface area contributed by atoms with E-state index in [1.165, 1.54) is 0 Å². The van der Waals surface area contributed by atoms with Crippen LogP contribution in [0.3, 0.4) is 0 Å². The average Bonchev–Trinajstić information content (AvgIpc) is 3.09. The van der Waals surface area contributed by atoms with Crippen LogP contribution in [0, 0.1) is 0 Å². The quantitative estimate of drug-likeness (QED) is 0.663. The van der Waals surface area contributed by atoms with Crippen molar-refractivity contribution in [3.8, 4) is 0 Å². The summed E-state index contributed by atoms with van der Waals surface area (Å²) in [4.78, 5) is 12.3. The van der Waals surface area contributed by atoms with Crippen molar-refractivity contribution in [1.29, 1.82) is 0 Å². The second kappa shape index (κ2) is 3.60. The molecule has 3 heteroatoms. The number of fused-ring (bicyclic) bond motifs is 3. The molecule has 0 fully saturated rings. The average molecular weight is 251 g/mol. The van der Waals surface area contributed by atoms with E-state index in [2.05, 4.69) is 12.1 Å². The minimum Gasteiger partial charge on any atom is -0.469 e. The first kappa shape index (κ1) is 10.6. The molecule has 19 heavy (non-hydrogen) atoms. The highest BCUT2D eigenvalue weighted by molar-refractivity contribution is 6.07. The van der Waals surface area contributed by atoms with Crippen LogP contribution in [0.2, 0.25) is 0 Å². The molecule has 1 aliphatic carbocycles. The van der Waals surface area contributed by atoms with E-state index in [1.54, 1.807) is 6.26 Å². The monoisotopic (exact) mass is 251 g/mol. The van der Waals surface area contributed by atoms with Gasteiger partial charge in [-0.25, -0.2) is 0 Å². The predicted octanol–water partition coefficient (Wildman–Crippen LogP) is 3.49. The summed E-state index contributed by atoms with van der Waals surface area (Å²) in [5.74, 6) is 1.14. The van der Waals surface area contributed by atoms with Gasteiger partial charge in [-0.15, -0.1) is 0 Å². The van der Waals surface area contributed by atoms with Gasteiger partial charge >= 0.3 is 0 Å². The molecule has 94 valence electrons. The van der Waals surface area contributed by atoms with Crippen LogP contribution >= 0.6 is 0 Å². The second-order valence-corrected chi connectivity index (χ2v) is 5.03. The van der Waals surface area contributed by atoms with Crippen LogP contribution in [0.25, 0.3) is 10.9 Å². The number of Topliss-reactive ketones (excluding diaryl/α,β-unsaturated/α-hetero) is 1. The molecular formula is C16H13NO2. The molecule has 2 heterocycles. The maximum atomic E-state index is 12.3. The molecule has 0 N–H and O–H groups in total. The molecule has 4 rings (SSSR count). The van der Waals surface area contributed by atoms with Crippen LogP contribution in [0.4, 0.5) is 0 Å². The van der Waals surface area contributed by atoms with Crippen molar-refractivity contribution < 1.29 is 9.21 Å². The molecule has 3 nitrogen and oxygen atoms in total. The number of aromatic nitrogens is 1. The molecule has 3 aromatic rings. The van der Waals surface area contributed by atoms with Gasteiger partial charge in [0.2, 0.25) is 0 Å². The van der Waals surface area contributed by atoms with Gasteiger partial charge in [0, 0.05) is 24.4 Å². The number of hydrogen-bond acceptors (Lipinski definition) is 2. The van der Waals surface area contributed by atoms with Crippen molar-refractivity contribution in [2.75, 3.05) is 0 Å². The van der Waals surface area contributed by atoms with Crippen LogP contribution in [0.1, 0.15) is 34.2 Å². The van der Waals surface area contributed by atoms with Crippen molar-refractivity contribution >= 4 is 16.7 Å². The Morgan fingerprint density at radius 1 is 1.21 bits per heavy atom. The summed E-state index contributed by atoms with van der Waals surface area (Å²) < 4.78 is 7.53. The SMILES string of the molecule is Cn1c2c(c3ccccc31)[C@@H](c1ccco1)CC2=O. The van der Waals surface area contributed by atoms with Gasteiger partial charge in [0.25, 0.3) is 0 Å². The maximum absolute atomic E-state index is 12.3. The Morgan fingerprint density at radius 2 is 2.05 bits per heavy atom. The Hall–Kier alpha value is -2.29. The lowest BCUT2D eigenvalue weighted by Gasteiger charge is -2.06. The van der Waals surface area contributed by atoms with Crippen molar-refractivity contribution in [2.24, 2.45) is 7.05 Å². The van der Waals surface area contributed by atoms with E-state index in [0.717, 1.165) is 27.9 Å². The van der Waals surface area contributed by atoms with Crippen molar-refractivity contribution in [3.05, 3.63) is 59.7 Å². The number of carbonyl (C=O) groups excluding carboxylic acids is 1. The van der Waals surface area contributed by atoms with Gasteiger partial charge in [-0.3, -0.25) is 4.79 Å². The van der Waals surface area contributed by atoms with E-state index < -0.39 is 0 Å². The van der Waals surface area contributed by atoms with Crippen LogP contribution in [0.5, 0.6) is 0 Å². The lowest BCUT2D eigenvalue weighted by Crippen LogP contribution is -2.01. The van der Waals surface area contributed by atoms with E-state index in [0.29, 0.717) is 6.42 Å². The first-order valence-electron chi connectivity index (χ1n) is 6.41. The molecule has 2 aromatic heterocycles. The Bertz CT molecular complexity index is 781. The molecule has 0 spiro atoms. The molecule has 1 aromatic carbocycles. The second-order valence-electron chi connectivity index (χ2n) is 5.03. The van der Waals surface area contributed by atoms with E-state index in [4.69, 9.17) is 4.42 Å². The Labute approximate surface area is 110 Å². The number of ketones is 1. The van der Waals surface area contributed by atoms with Crippen LogP contribution in [-0.2, 0) is 7.05 Å². The molecular weight excluding hydrogens is 238 g/mol. The Balaban J connectivity index is 2.06. The highest BCUT2D eigenvalue weighted by atomic mass is 16.3. The van der Waals surface area contributed by atoms with Crippen molar-refractivity contribution in [2.45, 2.75) is 12.3 Å². The largest absolute Gasteiger partial charge is 0.469 e. The Morgan fingerprint density at radius 3 is 2.84 bits per heavy atom. The fraction of sp³-hybridized carbons (Fsp3) is 0.188. The number of nitrogens with zero attached hydrogens (tertiary/aromatic N) is 1. The number of rotatable bonds is 1. The number of furan rings is 1. The standard InChI is InChI=1S/C16H13NO2/c1-17-12-6-3-2-5-10(12)15-11(9-13(18)16(15)17)14-7-4-8-19-14/h2-8,11H,9H2,1H3/t11-/m1/s1. The molecule has 1 aliphatic rings. The van der Waals surface area contributed by atoms with Gasteiger partial charge < -0.3 is 8.98 Å². The first-order valence-corrected chi connectivity index (χ1v) is 6.41. The molecule has 0 unspecified atom stereocenters. The third-order valence-corrected chi connectivity index (χ3v) is 4.03. The molecule has 0 saturated heterocycles. The fourth-order valence-electron chi connectivity index (χ4n) is 3.23. The first-order chi connectivity index (χ1) is 9.27. The van der Waals surface area contributed by atoms with Gasteiger partial charge in [-0.2, -0.15) is 0 Å². The van der Waals surface area contributed by atoms with Crippen LogP contribution < -0.4 is 0 Å². The fourth-order valence-corrected chi connectivity index (χ4v) is 3.23. The molecule has 0 saturated carbocycles. The van der Waals surface area contributed by atoms with Crippen molar-refractivity contribution in [3.63, 3.8) is 0 Å². The minimum atomic E-state index is 0.0589. The Kier molecular flexibility index (Phi) is 2.01. The zero-order valence-corrected chi connectivity index (χ0v) is 10.6. The van der Waals surface area contributed by atoms with Crippen LogP contribution in [-0.4, -0.2) is 10.4 Å². The zero-order valence-electron chi connectivity index (χ0n) is 10.6. The van der Waals surface area contributed by atoms with Crippen molar-refractivity contribution in [1.82, 2.24) is 4.57 Å². The molecule has 0 bridgehead atoms. The van der Waals surface area contributed by atoms with Gasteiger partial charge in [0.05, 0.1) is 17.9 Å². The number of benzene rings is 1. The maximum Gasteiger partial charge on any atom is 0.180 e. The highest BCUT2D eigenvalue weighted by Gasteiger charge is 2.36. The normalized spacial score (nSPS) is 18.2. The highest BCUT2D eigenvalue weighted by Crippen LogP contribution is 2.43. The van der Waals surface area contributed by atoms with E-state index in [1.807, 2.05) is 35.9 Å². The van der Waals surface area contributed by atoms with Gasteiger partial charge in [-0.05, 0) is 23.8 Å².